The van der Waals surface area contributed by atoms with E-state index in [1.54, 1.807) is 25.1 Å². The van der Waals surface area contributed by atoms with Crippen molar-refractivity contribution in [1.29, 1.82) is 0 Å². The van der Waals surface area contributed by atoms with Gasteiger partial charge in [0.2, 0.25) is 0 Å². The number of hydrogen-bond donors (Lipinski definition) is 1. The zero-order chi connectivity index (χ0) is 26.4. The largest absolute Gasteiger partial charge is 0.506 e. The molecule has 0 saturated heterocycles. The first-order chi connectivity index (χ1) is 17.8. The van der Waals surface area contributed by atoms with E-state index in [4.69, 9.17) is 9.47 Å². The van der Waals surface area contributed by atoms with Gasteiger partial charge < -0.3 is 14.6 Å². The van der Waals surface area contributed by atoms with E-state index >= 15 is 0 Å². The molecule has 0 spiro atoms. The third kappa shape index (κ3) is 6.57. The fourth-order valence-corrected chi connectivity index (χ4v) is 4.52. The molecular formula is C30H27NO5S. The Hall–Kier alpha value is -4.10. The number of ether oxygens (including phenoxy) is 2. The summed E-state index contributed by atoms with van der Waals surface area (Å²) in [5.41, 5.74) is 4.35. The van der Waals surface area contributed by atoms with Crippen molar-refractivity contribution in [1.82, 2.24) is 0 Å². The molecule has 0 unspecified atom stereocenters. The molecule has 1 heterocycles. The lowest BCUT2D eigenvalue weighted by Gasteiger charge is -2.07. The molecule has 0 atom stereocenters. The lowest BCUT2D eigenvalue weighted by molar-refractivity contribution is -0.138. The Morgan fingerprint density at radius 2 is 1.54 bits per heavy atom. The van der Waals surface area contributed by atoms with Gasteiger partial charge in [0.25, 0.3) is 5.91 Å². The number of aryl methyl sites for hydroxylation is 2. The highest BCUT2D eigenvalue weighted by Crippen LogP contribution is 2.39. The number of aliphatic hydroxyl groups is 1. The van der Waals surface area contributed by atoms with Crippen LogP contribution in [0.25, 0.3) is 6.08 Å². The number of nitrogens with zero attached hydrogens (tertiary/aromatic N) is 1. The third-order valence-corrected chi connectivity index (χ3v) is 6.60. The molecule has 1 amide bonds. The van der Waals surface area contributed by atoms with Gasteiger partial charge in [0.1, 0.15) is 28.7 Å². The minimum absolute atomic E-state index is 0.103. The monoisotopic (exact) mass is 513 g/mol. The van der Waals surface area contributed by atoms with E-state index in [0.29, 0.717) is 22.8 Å². The summed E-state index contributed by atoms with van der Waals surface area (Å²) < 4.78 is 11.0. The Labute approximate surface area is 220 Å². The molecule has 4 rings (SSSR count). The number of benzene rings is 3. The summed E-state index contributed by atoms with van der Waals surface area (Å²) in [4.78, 5) is 29.9. The molecule has 37 heavy (non-hydrogen) atoms. The second-order valence-electron chi connectivity index (χ2n) is 8.49. The van der Waals surface area contributed by atoms with E-state index in [1.807, 2.05) is 74.5 Å². The quantitative estimate of drug-likeness (QED) is 0.359. The number of carbonyl (C=O) groups is 2. The maximum Gasteiger partial charge on any atom is 0.344 e. The van der Waals surface area contributed by atoms with Crippen molar-refractivity contribution in [3.05, 3.63) is 117 Å². The highest BCUT2D eigenvalue weighted by Gasteiger charge is 2.33. The Kier molecular flexibility index (Phi) is 8.25. The van der Waals surface area contributed by atoms with Gasteiger partial charge in [-0.25, -0.2) is 9.79 Å². The minimum atomic E-state index is -0.730. The summed E-state index contributed by atoms with van der Waals surface area (Å²) in [5.74, 6) is -0.794. The van der Waals surface area contributed by atoms with E-state index in [-0.39, 0.29) is 23.0 Å². The number of carbonyl (C=O) groups excluding carboxylic acids is 2. The zero-order valence-electron chi connectivity index (χ0n) is 20.9. The van der Waals surface area contributed by atoms with Crippen molar-refractivity contribution in [2.45, 2.75) is 27.4 Å². The van der Waals surface area contributed by atoms with Gasteiger partial charge in [-0.1, -0.05) is 71.4 Å². The van der Waals surface area contributed by atoms with Crippen molar-refractivity contribution < 1.29 is 24.2 Å². The number of esters is 1. The Morgan fingerprint density at radius 1 is 0.919 bits per heavy atom. The summed E-state index contributed by atoms with van der Waals surface area (Å²) in [7, 11) is 0. The van der Waals surface area contributed by atoms with Gasteiger partial charge in [0, 0.05) is 5.56 Å². The smallest absolute Gasteiger partial charge is 0.344 e. The van der Waals surface area contributed by atoms with Gasteiger partial charge in [-0.3, -0.25) is 4.79 Å². The van der Waals surface area contributed by atoms with E-state index in [1.165, 1.54) is 5.56 Å². The average Bonchev–Trinajstić information content (AvgIpc) is 3.19. The summed E-state index contributed by atoms with van der Waals surface area (Å²) >= 11 is 1.05. The highest BCUT2D eigenvalue weighted by atomic mass is 32.2. The molecule has 7 heteroatoms. The summed E-state index contributed by atoms with van der Waals surface area (Å²) in [6.45, 7) is 6.22. The van der Waals surface area contributed by atoms with Gasteiger partial charge in [0.05, 0.1) is 11.5 Å². The molecule has 0 radical (unpaired) electrons. The topological polar surface area (TPSA) is 85.2 Å². The molecule has 1 aliphatic rings. The van der Waals surface area contributed by atoms with Crippen molar-refractivity contribution in [2.24, 2.45) is 4.99 Å². The minimum Gasteiger partial charge on any atom is -0.506 e. The first-order valence-corrected chi connectivity index (χ1v) is 12.6. The SMILES string of the molecule is CCOC(=O)C1=C(O)/C(=C/c2ccc(OCc3ccc(C)cc3)cc2)SC1=NC(=O)c1ccc(C)cc1. The summed E-state index contributed by atoms with van der Waals surface area (Å²) in [6, 6.07) is 22.5. The molecule has 6 nitrogen and oxygen atoms in total. The van der Waals surface area contributed by atoms with E-state index in [9.17, 15) is 14.7 Å². The molecule has 3 aromatic carbocycles. The van der Waals surface area contributed by atoms with Crippen LogP contribution in [0.5, 0.6) is 5.75 Å². The molecule has 3 aromatic rings. The molecular weight excluding hydrogens is 486 g/mol. The summed E-state index contributed by atoms with van der Waals surface area (Å²) in [6.07, 6.45) is 1.72. The van der Waals surface area contributed by atoms with Crippen LogP contribution in [0.3, 0.4) is 0 Å². The van der Waals surface area contributed by atoms with E-state index in [2.05, 4.69) is 4.99 Å². The second-order valence-corrected chi connectivity index (χ2v) is 9.52. The molecule has 0 saturated carbocycles. The van der Waals surface area contributed by atoms with Crippen molar-refractivity contribution in [3.8, 4) is 5.75 Å². The Bertz CT molecular complexity index is 1390. The average molecular weight is 514 g/mol. The van der Waals surface area contributed by atoms with Gasteiger partial charge >= 0.3 is 5.97 Å². The van der Waals surface area contributed by atoms with Crippen LogP contribution in [-0.2, 0) is 16.1 Å². The predicted octanol–water partition coefficient (Wildman–Crippen LogP) is 6.58. The second kappa shape index (κ2) is 11.8. The highest BCUT2D eigenvalue weighted by molar-refractivity contribution is 8.18. The van der Waals surface area contributed by atoms with Gasteiger partial charge in [0.15, 0.2) is 0 Å². The fourth-order valence-electron chi connectivity index (χ4n) is 3.51. The Morgan fingerprint density at radius 3 is 2.16 bits per heavy atom. The molecule has 1 N–H and O–H groups in total. The number of aliphatic hydroxyl groups excluding tert-OH is 1. The molecule has 0 bridgehead atoms. The van der Waals surface area contributed by atoms with Gasteiger partial charge in [-0.2, -0.15) is 0 Å². The van der Waals surface area contributed by atoms with Crippen LogP contribution in [-0.4, -0.2) is 28.6 Å². The lowest BCUT2D eigenvalue weighted by Crippen LogP contribution is -2.14. The first-order valence-electron chi connectivity index (χ1n) is 11.8. The number of hydrogen-bond acceptors (Lipinski definition) is 6. The molecule has 0 aromatic heterocycles. The molecule has 0 aliphatic carbocycles. The van der Waals surface area contributed by atoms with E-state index < -0.39 is 11.9 Å². The van der Waals surface area contributed by atoms with Crippen LogP contribution in [0.1, 0.15) is 39.5 Å². The third-order valence-electron chi connectivity index (χ3n) is 5.58. The van der Waals surface area contributed by atoms with Crippen LogP contribution in [0.2, 0.25) is 0 Å². The molecule has 0 fully saturated rings. The van der Waals surface area contributed by atoms with Crippen LogP contribution >= 0.6 is 11.8 Å². The first kappa shape index (κ1) is 26.0. The number of rotatable bonds is 7. The zero-order valence-corrected chi connectivity index (χ0v) is 21.7. The van der Waals surface area contributed by atoms with Gasteiger partial charge in [-0.15, -0.1) is 0 Å². The maximum atomic E-state index is 12.7. The molecule has 1 aliphatic heterocycles. The van der Waals surface area contributed by atoms with Crippen molar-refractivity contribution in [2.75, 3.05) is 6.61 Å². The Balaban J connectivity index is 1.54. The van der Waals surface area contributed by atoms with Crippen molar-refractivity contribution >= 4 is 34.8 Å². The standard InChI is InChI=1S/C30H27NO5S/c1-4-35-30(34)26-27(32)25(37-29(26)31-28(33)23-13-7-20(3)8-14-23)17-21-11-15-24(16-12-21)36-18-22-9-5-19(2)6-10-22/h5-17,32H,4,18H2,1-3H3/b25-17-,31-29?. The summed E-state index contributed by atoms with van der Waals surface area (Å²) in [5, 5.41) is 11.0. The van der Waals surface area contributed by atoms with Crippen molar-refractivity contribution in [3.63, 3.8) is 0 Å². The lowest BCUT2D eigenvalue weighted by atomic mass is 10.1. The normalized spacial score (nSPS) is 15.3. The van der Waals surface area contributed by atoms with E-state index in [0.717, 1.165) is 28.5 Å². The number of aliphatic imine (C=N–C) groups is 1. The van der Waals surface area contributed by atoms with Gasteiger partial charge in [-0.05, 0) is 62.2 Å². The van der Waals surface area contributed by atoms with Crippen LogP contribution in [0.4, 0.5) is 0 Å². The van der Waals surface area contributed by atoms with Crippen LogP contribution in [0.15, 0.2) is 94.0 Å². The fraction of sp³-hybridized carbons (Fsp3) is 0.167. The van der Waals surface area contributed by atoms with Crippen LogP contribution < -0.4 is 4.74 Å². The number of amides is 1. The molecule has 188 valence electrons. The van der Waals surface area contributed by atoms with Crippen LogP contribution in [0, 0.1) is 13.8 Å². The predicted molar refractivity (Wildman–Crippen MR) is 147 cm³/mol. The maximum absolute atomic E-state index is 12.7. The number of thioether (sulfide) groups is 1.